The number of hydrogen-bond acceptors (Lipinski definition) is 2. The van der Waals surface area contributed by atoms with Crippen LogP contribution in [0.5, 0.6) is 0 Å². The van der Waals surface area contributed by atoms with Gasteiger partial charge in [0.05, 0.1) is 12.3 Å². The van der Waals surface area contributed by atoms with E-state index in [1.807, 2.05) is 12.4 Å². The Bertz CT molecular complexity index is 233. The molecule has 2 atom stereocenters. The highest BCUT2D eigenvalue weighted by Crippen LogP contribution is 2.32. The average Bonchev–Trinajstić information content (AvgIpc) is 2.57. The summed E-state index contributed by atoms with van der Waals surface area (Å²) in [4.78, 5) is 0. The summed E-state index contributed by atoms with van der Waals surface area (Å²) in [6.45, 7) is 0. The van der Waals surface area contributed by atoms with E-state index in [1.54, 1.807) is 0 Å². The van der Waals surface area contributed by atoms with E-state index >= 15 is 0 Å². The second-order valence-electron chi connectivity index (χ2n) is 3.49. The maximum Gasteiger partial charge on any atom is 0.0609 e. The molecule has 1 aromatic rings. The summed E-state index contributed by atoms with van der Waals surface area (Å²) in [5, 5.41) is 16.4. The molecule has 3 heteroatoms. The molecule has 1 aliphatic carbocycles. The highest BCUT2D eigenvalue weighted by atomic mass is 16.3. The van der Waals surface area contributed by atoms with E-state index in [2.05, 4.69) is 10.2 Å². The van der Waals surface area contributed by atoms with Gasteiger partial charge in [-0.3, -0.25) is 5.10 Å². The van der Waals surface area contributed by atoms with Gasteiger partial charge in [-0.25, -0.2) is 0 Å². The van der Waals surface area contributed by atoms with Crippen molar-refractivity contribution in [2.75, 3.05) is 0 Å². The van der Waals surface area contributed by atoms with Crippen molar-refractivity contribution >= 4 is 0 Å². The zero-order valence-corrected chi connectivity index (χ0v) is 7.03. The molecule has 1 saturated carbocycles. The lowest BCUT2D eigenvalue weighted by molar-refractivity contribution is 0.106. The van der Waals surface area contributed by atoms with E-state index < -0.39 is 0 Å². The average molecular weight is 166 g/mol. The van der Waals surface area contributed by atoms with Crippen LogP contribution in [0, 0.1) is 0 Å². The summed E-state index contributed by atoms with van der Waals surface area (Å²) in [6, 6.07) is 0. The highest BCUT2D eigenvalue weighted by molar-refractivity contribution is 5.13. The van der Waals surface area contributed by atoms with Crippen LogP contribution in [-0.4, -0.2) is 21.4 Å². The molecule has 0 spiro atoms. The van der Waals surface area contributed by atoms with Gasteiger partial charge >= 0.3 is 0 Å². The first-order valence-corrected chi connectivity index (χ1v) is 4.54. The third-order valence-corrected chi connectivity index (χ3v) is 2.68. The SMILES string of the molecule is O[C@@H]1CCCC[C@H]1c1cn[nH]c1. The largest absolute Gasteiger partial charge is 0.392 e. The van der Waals surface area contributed by atoms with Crippen molar-refractivity contribution in [1.82, 2.24) is 10.2 Å². The Morgan fingerprint density at radius 1 is 1.42 bits per heavy atom. The molecule has 0 aromatic carbocycles. The first kappa shape index (κ1) is 7.80. The van der Waals surface area contributed by atoms with E-state index in [9.17, 15) is 5.11 Å². The number of aliphatic hydroxyl groups is 1. The monoisotopic (exact) mass is 166 g/mol. The van der Waals surface area contributed by atoms with Gasteiger partial charge in [0.2, 0.25) is 0 Å². The van der Waals surface area contributed by atoms with Crippen molar-refractivity contribution in [3.8, 4) is 0 Å². The van der Waals surface area contributed by atoms with Gasteiger partial charge in [0, 0.05) is 12.1 Å². The molecule has 0 aliphatic heterocycles. The molecule has 0 bridgehead atoms. The quantitative estimate of drug-likeness (QED) is 0.663. The fraction of sp³-hybridized carbons (Fsp3) is 0.667. The zero-order valence-electron chi connectivity index (χ0n) is 7.03. The molecule has 0 saturated heterocycles. The van der Waals surface area contributed by atoms with Crippen LogP contribution in [0.3, 0.4) is 0 Å². The molecule has 2 rings (SSSR count). The number of rotatable bonds is 1. The standard InChI is InChI=1S/C9H14N2O/c12-9-4-2-1-3-8(9)7-5-10-11-6-7/h5-6,8-9,12H,1-4H2,(H,10,11)/t8-,9+/m0/s1. The third kappa shape index (κ3) is 1.37. The van der Waals surface area contributed by atoms with Crippen molar-refractivity contribution in [3.63, 3.8) is 0 Å². The van der Waals surface area contributed by atoms with E-state index in [0.717, 1.165) is 24.8 Å². The molecular weight excluding hydrogens is 152 g/mol. The highest BCUT2D eigenvalue weighted by Gasteiger charge is 2.24. The van der Waals surface area contributed by atoms with Crippen molar-refractivity contribution < 1.29 is 5.11 Å². The molecule has 1 fully saturated rings. The van der Waals surface area contributed by atoms with E-state index in [-0.39, 0.29) is 6.10 Å². The second-order valence-corrected chi connectivity index (χ2v) is 3.49. The number of nitrogens with zero attached hydrogens (tertiary/aromatic N) is 1. The van der Waals surface area contributed by atoms with Gasteiger partial charge in [0.1, 0.15) is 0 Å². The summed E-state index contributed by atoms with van der Waals surface area (Å²) in [6.07, 6.45) is 7.98. The van der Waals surface area contributed by atoms with Gasteiger partial charge in [0.15, 0.2) is 0 Å². The molecule has 12 heavy (non-hydrogen) atoms. The lowest BCUT2D eigenvalue weighted by Crippen LogP contribution is -2.21. The van der Waals surface area contributed by atoms with Gasteiger partial charge in [-0.1, -0.05) is 12.8 Å². The smallest absolute Gasteiger partial charge is 0.0609 e. The van der Waals surface area contributed by atoms with Crippen LogP contribution in [0.1, 0.15) is 37.2 Å². The number of aromatic amines is 1. The summed E-state index contributed by atoms with van der Waals surface area (Å²) in [7, 11) is 0. The predicted octanol–water partition coefficient (Wildman–Crippen LogP) is 1.43. The van der Waals surface area contributed by atoms with E-state index in [4.69, 9.17) is 0 Å². The van der Waals surface area contributed by atoms with Crippen molar-refractivity contribution in [3.05, 3.63) is 18.0 Å². The molecule has 1 aliphatic rings. The maximum absolute atomic E-state index is 9.70. The van der Waals surface area contributed by atoms with Gasteiger partial charge in [-0.15, -0.1) is 0 Å². The lowest BCUT2D eigenvalue weighted by Gasteiger charge is -2.26. The number of aromatic nitrogens is 2. The normalized spacial score (nSPS) is 30.4. The minimum absolute atomic E-state index is 0.156. The third-order valence-electron chi connectivity index (χ3n) is 2.68. The van der Waals surface area contributed by atoms with Crippen LogP contribution in [0.15, 0.2) is 12.4 Å². The van der Waals surface area contributed by atoms with Gasteiger partial charge in [-0.2, -0.15) is 5.10 Å². The Labute approximate surface area is 71.8 Å². The number of nitrogens with one attached hydrogen (secondary N) is 1. The number of H-pyrrole nitrogens is 1. The summed E-state index contributed by atoms with van der Waals surface area (Å²) in [5.74, 6) is 0.317. The predicted molar refractivity (Wildman–Crippen MR) is 45.8 cm³/mol. The minimum atomic E-state index is -0.156. The molecule has 0 unspecified atom stereocenters. The zero-order chi connectivity index (χ0) is 8.39. The summed E-state index contributed by atoms with van der Waals surface area (Å²) >= 11 is 0. The summed E-state index contributed by atoms with van der Waals surface area (Å²) in [5.41, 5.74) is 1.15. The first-order valence-electron chi connectivity index (χ1n) is 4.54. The molecular formula is C9H14N2O. The van der Waals surface area contributed by atoms with E-state index in [1.165, 1.54) is 6.42 Å². The van der Waals surface area contributed by atoms with Crippen LogP contribution >= 0.6 is 0 Å². The number of hydrogen-bond donors (Lipinski definition) is 2. The molecule has 0 radical (unpaired) electrons. The van der Waals surface area contributed by atoms with Crippen LogP contribution in [0.4, 0.5) is 0 Å². The van der Waals surface area contributed by atoms with Crippen molar-refractivity contribution in [2.24, 2.45) is 0 Å². The fourth-order valence-electron chi connectivity index (χ4n) is 1.96. The van der Waals surface area contributed by atoms with Crippen LogP contribution < -0.4 is 0 Å². The van der Waals surface area contributed by atoms with E-state index in [0.29, 0.717) is 5.92 Å². The molecule has 66 valence electrons. The van der Waals surface area contributed by atoms with Crippen LogP contribution in [-0.2, 0) is 0 Å². The molecule has 1 aromatic heterocycles. The van der Waals surface area contributed by atoms with Crippen LogP contribution in [0.25, 0.3) is 0 Å². The Morgan fingerprint density at radius 3 is 2.92 bits per heavy atom. The second kappa shape index (κ2) is 3.27. The van der Waals surface area contributed by atoms with Crippen molar-refractivity contribution in [2.45, 2.75) is 37.7 Å². The Balaban J connectivity index is 2.11. The van der Waals surface area contributed by atoms with Gasteiger partial charge < -0.3 is 5.11 Å². The molecule has 3 nitrogen and oxygen atoms in total. The maximum atomic E-state index is 9.70. The minimum Gasteiger partial charge on any atom is -0.392 e. The Kier molecular flexibility index (Phi) is 2.13. The topological polar surface area (TPSA) is 48.9 Å². The lowest BCUT2D eigenvalue weighted by atomic mass is 9.83. The Morgan fingerprint density at radius 2 is 2.25 bits per heavy atom. The van der Waals surface area contributed by atoms with Gasteiger partial charge in [-0.05, 0) is 18.4 Å². The molecule has 2 N–H and O–H groups in total. The van der Waals surface area contributed by atoms with Gasteiger partial charge in [0.25, 0.3) is 0 Å². The molecule has 0 amide bonds. The Hall–Kier alpha value is -0.830. The summed E-state index contributed by atoms with van der Waals surface area (Å²) < 4.78 is 0. The van der Waals surface area contributed by atoms with Crippen LogP contribution in [0.2, 0.25) is 0 Å². The number of aliphatic hydroxyl groups excluding tert-OH is 1. The van der Waals surface area contributed by atoms with Crippen molar-refractivity contribution in [1.29, 1.82) is 0 Å². The first-order chi connectivity index (χ1) is 5.88. The fourth-order valence-corrected chi connectivity index (χ4v) is 1.96. The molecule has 1 heterocycles.